The van der Waals surface area contributed by atoms with E-state index in [1.54, 1.807) is 11.0 Å². The first-order chi connectivity index (χ1) is 10.2. The molecule has 1 N–H and O–H groups in total. The number of piperidine rings is 1. The van der Waals surface area contributed by atoms with Crippen LogP contribution in [0.15, 0.2) is 35.1 Å². The van der Waals surface area contributed by atoms with Crippen molar-refractivity contribution in [1.82, 2.24) is 9.88 Å². The lowest BCUT2D eigenvalue weighted by Gasteiger charge is -2.29. The number of rotatable bonds is 1. The Bertz CT molecular complexity index is 780. The Morgan fingerprint density at radius 2 is 2.00 bits per heavy atom. The first-order valence-corrected chi connectivity index (χ1v) is 7.00. The number of nitriles is 1. The number of fused-ring (bicyclic) bond motifs is 1. The van der Waals surface area contributed by atoms with Crippen LogP contribution in [-0.2, 0) is 0 Å². The van der Waals surface area contributed by atoms with Crippen molar-refractivity contribution >= 4 is 16.8 Å². The molecule has 106 valence electrons. The molecule has 0 bridgehead atoms. The summed E-state index contributed by atoms with van der Waals surface area (Å²) in [5.41, 5.74) is 0.828. The van der Waals surface area contributed by atoms with Crippen LogP contribution in [0.2, 0.25) is 0 Å². The summed E-state index contributed by atoms with van der Waals surface area (Å²) < 4.78 is 0. The maximum absolute atomic E-state index is 12.7. The van der Waals surface area contributed by atoms with Gasteiger partial charge in [0.15, 0.2) is 0 Å². The average molecular weight is 281 g/mol. The number of likely N-dealkylation sites (tertiary alicyclic amines) is 1. The topological polar surface area (TPSA) is 77.0 Å². The molecule has 2 aromatic rings. The highest BCUT2D eigenvalue weighted by Gasteiger charge is 2.24. The minimum absolute atomic E-state index is 0.0324. The fourth-order valence-corrected chi connectivity index (χ4v) is 2.76. The number of aromatic amines is 1. The number of amides is 1. The molecular weight excluding hydrogens is 266 g/mol. The number of nitrogens with one attached hydrogen (secondary N) is 1. The van der Waals surface area contributed by atoms with Gasteiger partial charge in [-0.05, 0) is 18.9 Å². The second-order valence-electron chi connectivity index (χ2n) is 5.29. The minimum Gasteiger partial charge on any atom is -0.339 e. The Labute approximate surface area is 121 Å². The van der Waals surface area contributed by atoms with Gasteiger partial charge in [-0.25, -0.2) is 0 Å². The fraction of sp³-hybridized carbons (Fsp3) is 0.312. The van der Waals surface area contributed by atoms with Gasteiger partial charge in [-0.1, -0.05) is 18.2 Å². The molecule has 1 aliphatic rings. The van der Waals surface area contributed by atoms with Crippen molar-refractivity contribution in [3.05, 3.63) is 46.2 Å². The quantitative estimate of drug-likeness (QED) is 0.867. The van der Waals surface area contributed by atoms with Gasteiger partial charge in [-0.2, -0.15) is 5.26 Å². The van der Waals surface area contributed by atoms with E-state index in [4.69, 9.17) is 5.26 Å². The summed E-state index contributed by atoms with van der Waals surface area (Å²) >= 11 is 0. The second kappa shape index (κ2) is 5.41. The van der Waals surface area contributed by atoms with Crippen LogP contribution in [0.5, 0.6) is 0 Å². The third-order valence-electron chi connectivity index (χ3n) is 3.95. The molecule has 2 heterocycles. The molecular formula is C16H15N3O2. The SMILES string of the molecule is N#CC1CCN(C(=O)c2cc(=O)[nH]c3ccccc23)CC1. The monoisotopic (exact) mass is 281 g/mol. The molecule has 0 aliphatic carbocycles. The number of carbonyl (C=O) groups is 1. The normalized spacial score (nSPS) is 15.9. The number of pyridine rings is 1. The Hall–Kier alpha value is -2.61. The molecule has 1 fully saturated rings. The van der Waals surface area contributed by atoms with Crippen LogP contribution in [0.1, 0.15) is 23.2 Å². The first kappa shape index (κ1) is 13.4. The molecule has 1 aromatic carbocycles. The zero-order valence-corrected chi connectivity index (χ0v) is 11.5. The van der Waals surface area contributed by atoms with E-state index in [0.717, 1.165) is 5.39 Å². The third kappa shape index (κ3) is 2.52. The predicted octanol–water partition coefficient (Wildman–Crippen LogP) is 1.90. The molecule has 0 saturated carbocycles. The lowest BCUT2D eigenvalue weighted by atomic mass is 9.97. The number of hydrogen-bond acceptors (Lipinski definition) is 3. The van der Waals surface area contributed by atoms with E-state index >= 15 is 0 Å². The van der Waals surface area contributed by atoms with Crippen molar-refractivity contribution < 1.29 is 4.79 Å². The van der Waals surface area contributed by atoms with Gasteiger partial charge in [0.2, 0.25) is 5.56 Å². The van der Waals surface area contributed by atoms with E-state index in [1.807, 2.05) is 18.2 Å². The van der Waals surface area contributed by atoms with Crippen LogP contribution < -0.4 is 5.56 Å². The lowest BCUT2D eigenvalue weighted by molar-refractivity contribution is 0.0709. The van der Waals surface area contributed by atoms with Crippen molar-refractivity contribution in [2.75, 3.05) is 13.1 Å². The van der Waals surface area contributed by atoms with E-state index in [1.165, 1.54) is 6.07 Å². The first-order valence-electron chi connectivity index (χ1n) is 7.00. The number of benzene rings is 1. The molecule has 0 radical (unpaired) electrons. The summed E-state index contributed by atoms with van der Waals surface area (Å²) in [6.07, 6.45) is 1.40. The van der Waals surface area contributed by atoms with Crippen LogP contribution in [0.25, 0.3) is 10.9 Å². The van der Waals surface area contributed by atoms with Gasteiger partial charge in [0, 0.05) is 36.0 Å². The predicted molar refractivity (Wildman–Crippen MR) is 78.8 cm³/mol. The highest BCUT2D eigenvalue weighted by atomic mass is 16.2. The largest absolute Gasteiger partial charge is 0.339 e. The number of para-hydroxylation sites is 1. The summed E-state index contributed by atoms with van der Waals surface area (Å²) in [6.45, 7) is 1.14. The highest BCUT2D eigenvalue weighted by molar-refractivity contribution is 6.05. The molecule has 5 nitrogen and oxygen atoms in total. The van der Waals surface area contributed by atoms with Gasteiger partial charge >= 0.3 is 0 Å². The van der Waals surface area contributed by atoms with Crippen molar-refractivity contribution in [2.45, 2.75) is 12.8 Å². The summed E-state index contributed by atoms with van der Waals surface area (Å²) in [6, 6.07) is 10.9. The fourth-order valence-electron chi connectivity index (χ4n) is 2.76. The van der Waals surface area contributed by atoms with Gasteiger partial charge < -0.3 is 9.88 Å². The standard InChI is InChI=1S/C16H15N3O2/c17-10-11-5-7-19(8-6-11)16(21)13-9-15(20)18-14-4-2-1-3-12(13)14/h1-4,9,11H,5-8H2,(H,18,20). The van der Waals surface area contributed by atoms with E-state index in [-0.39, 0.29) is 17.4 Å². The summed E-state index contributed by atoms with van der Waals surface area (Å²) in [7, 11) is 0. The number of aromatic nitrogens is 1. The number of H-pyrrole nitrogens is 1. The van der Waals surface area contributed by atoms with E-state index < -0.39 is 0 Å². The average Bonchev–Trinajstić information content (AvgIpc) is 2.53. The van der Waals surface area contributed by atoms with E-state index in [9.17, 15) is 9.59 Å². The Morgan fingerprint density at radius 1 is 1.29 bits per heavy atom. The molecule has 21 heavy (non-hydrogen) atoms. The van der Waals surface area contributed by atoms with Gasteiger partial charge in [-0.3, -0.25) is 9.59 Å². The zero-order valence-electron chi connectivity index (χ0n) is 11.5. The van der Waals surface area contributed by atoms with Gasteiger partial charge in [0.1, 0.15) is 0 Å². The minimum atomic E-state index is -0.274. The molecule has 1 aromatic heterocycles. The number of carbonyl (C=O) groups excluding carboxylic acids is 1. The van der Waals surface area contributed by atoms with Gasteiger partial charge in [0.25, 0.3) is 5.91 Å². The maximum atomic E-state index is 12.7. The summed E-state index contributed by atoms with van der Waals surface area (Å²) in [4.78, 5) is 28.8. The smallest absolute Gasteiger partial charge is 0.254 e. The third-order valence-corrected chi connectivity index (χ3v) is 3.95. The molecule has 3 rings (SSSR count). The van der Waals surface area contributed by atoms with Crippen LogP contribution in [0.3, 0.4) is 0 Å². The Morgan fingerprint density at radius 3 is 2.71 bits per heavy atom. The van der Waals surface area contributed by atoms with E-state index in [2.05, 4.69) is 11.1 Å². The second-order valence-corrected chi connectivity index (χ2v) is 5.29. The lowest BCUT2D eigenvalue weighted by Crippen LogP contribution is -2.38. The Balaban J connectivity index is 1.96. The molecule has 0 atom stereocenters. The van der Waals surface area contributed by atoms with Crippen LogP contribution in [0.4, 0.5) is 0 Å². The van der Waals surface area contributed by atoms with Crippen LogP contribution >= 0.6 is 0 Å². The van der Waals surface area contributed by atoms with Gasteiger partial charge in [-0.15, -0.1) is 0 Å². The molecule has 5 heteroatoms. The summed E-state index contributed by atoms with van der Waals surface area (Å²) in [5.74, 6) is -0.0985. The van der Waals surface area contributed by atoms with Crippen molar-refractivity contribution in [2.24, 2.45) is 5.92 Å². The van der Waals surface area contributed by atoms with E-state index in [0.29, 0.717) is 37.0 Å². The van der Waals surface area contributed by atoms with Crippen molar-refractivity contribution in [3.8, 4) is 6.07 Å². The molecule has 0 unspecified atom stereocenters. The van der Waals surface area contributed by atoms with Crippen LogP contribution in [-0.4, -0.2) is 28.9 Å². The van der Waals surface area contributed by atoms with Crippen LogP contribution in [0, 0.1) is 17.2 Å². The van der Waals surface area contributed by atoms with Crippen molar-refractivity contribution in [1.29, 1.82) is 5.26 Å². The molecule has 1 amide bonds. The number of hydrogen-bond donors (Lipinski definition) is 1. The van der Waals surface area contributed by atoms with Gasteiger partial charge in [0.05, 0.1) is 11.6 Å². The molecule has 0 spiro atoms. The number of nitrogens with zero attached hydrogens (tertiary/aromatic N) is 2. The summed E-state index contributed by atoms with van der Waals surface area (Å²) in [5, 5.41) is 9.67. The zero-order chi connectivity index (χ0) is 14.8. The molecule has 1 aliphatic heterocycles. The maximum Gasteiger partial charge on any atom is 0.254 e. The highest BCUT2D eigenvalue weighted by Crippen LogP contribution is 2.21. The van der Waals surface area contributed by atoms with Crippen molar-refractivity contribution in [3.63, 3.8) is 0 Å². The Kier molecular flexibility index (Phi) is 3.44. The molecule has 1 saturated heterocycles.